The van der Waals surface area contributed by atoms with Crippen molar-refractivity contribution in [2.24, 2.45) is 5.73 Å². The van der Waals surface area contributed by atoms with Gasteiger partial charge in [0.1, 0.15) is 5.69 Å². The van der Waals surface area contributed by atoms with Crippen LogP contribution in [0.3, 0.4) is 0 Å². The molecule has 0 bridgehead atoms. The van der Waals surface area contributed by atoms with Crippen molar-refractivity contribution in [3.63, 3.8) is 0 Å². The van der Waals surface area contributed by atoms with Crippen LogP contribution in [-0.4, -0.2) is 22.3 Å². The molecule has 2 rings (SSSR count). The highest BCUT2D eigenvalue weighted by Gasteiger charge is 2.24. The summed E-state index contributed by atoms with van der Waals surface area (Å²) in [5.74, 6) is -0.631. The first-order valence-corrected chi connectivity index (χ1v) is 5.77. The number of nitro groups is 2. The monoisotopic (exact) mass is 326 g/mol. The Bertz CT molecular complexity index is 701. The van der Waals surface area contributed by atoms with Crippen molar-refractivity contribution in [1.29, 1.82) is 0 Å². The minimum Gasteiger partial charge on any atom is -0.366 e. The van der Waals surface area contributed by atoms with E-state index in [9.17, 15) is 25.0 Å². The fraction of sp³-hybridized carbons (Fsp3) is 0.0833. The van der Waals surface area contributed by atoms with Crippen molar-refractivity contribution < 1.29 is 14.6 Å². The normalized spacial score (nSPS) is 13.1. The number of amides is 1. The van der Waals surface area contributed by atoms with Gasteiger partial charge in [-0.2, -0.15) is 0 Å². The maximum Gasteiger partial charge on any atom is 0.299 e. The summed E-state index contributed by atoms with van der Waals surface area (Å²) in [6, 6.07) is 3.31. The van der Waals surface area contributed by atoms with Gasteiger partial charge in [-0.25, -0.2) is 0 Å². The summed E-state index contributed by atoms with van der Waals surface area (Å²) in [5.41, 5.74) is 4.81. The second-order valence-electron chi connectivity index (χ2n) is 4.21. The molecule has 10 heteroatoms. The molecule has 1 aliphatic rings. The van der Waals surface area contributed by atoms with E-state index in [0.717, 1.165) is 6.07 Å². The number of rotatable bonds is 4. The Hall–Kier alpha value is -2.94. The average Bonchev–Trinajstić information content (AvgIpc) is 2.46. The van der Waals surface area contributed by atoms with Crippen LogP contribution in [0.5, 0.6) is 0 Å². The van der Waals surface area contributed by atoms with Crippen LogP contribution in [-0.2, 0) is 4.79 Å². The number of benzene rings is 1. The maximum atomic E-state index is 11.2. The summed E-state index contributed by atoms with van der Waals surface area (Å²) >= 11 is 0. The Morgan fingerprint density at radius 3 is 2.45 bits per heavy atom. The van der Waals surface area contributed by atoms with Gasteiger partial charge >= 0.3 is 0 Å². The Morgan fingerprint density at radius 1 is 1.23 bits per heavy atom. The Balaban J connectivity index is 0.00000242. The number of carbonyl (C=O) groups excluding carboxylic acids is 1. The van der Waals surface area contributed by atoms with E-state index in [4.69, 9.17) is 5.73 Å². The second-order valence-corrected chi connectivity index (χ2v) is 4.21. The zero-order valence-electron chi connectivity index (χ0n) is 11.0. The highest BCUT2D eigenvalue weighted by atomic mass is 35.5. The van der Waals surface area contributed by atoms with Crippen molar-refractivity contribution in [1.82, 2.24) is 0 Å². The third-order valence-corrected chi connectivity index (χ3v) is 2.90. The quantitative estimate of drug-likeness (QED) is 0.661. The fourth-order valence-corrected chi connectivity index (χ4v) is 1.89. The van der Waals surface area contributed by atoms with E-state index in [2.05, 4.69) is 0 Å². The van der Waals surface area contributed by atoms with E-state index in [1.807, 2.05) is 0 Å². The third kappa shape index (κ3) is 3.38. The van der Waals surface area contributed by atoms with Gasteiger partial charge in [-0.3, -0.25) is 25.0 Å². The van der Waals surface area contributed by atoms with Crippen LogP contribution in [0.2, 0.25) is 0 Å². The molecule has 0 unspecified atom stereocenters. The van der Waals surface area contributed by atoms with Gasteiger partial charge in [0.2, 0.25) is 5.91 Å². The predicted octanol–water partition coefficient (Wildman–Crippen LogP) is 1.67. The number of hydrogen-bond acceptors (Lipinski definition) is 6. The molecule has 22 heavy (non-hydrogen) atoms. The van der Waals surface area contributed by atoms with E-state index in [1.165, 1.54) is 35.4 Å². The van der Waals surface area contributed by atoms with Crippen LogP contribution < -0.4 is 10.6 Å². The lowest BCUT2D eigenvalue weighted by Crippen LogP contribution is -2.28. The molecule has 9 nitrogen and oxygen atoms in total. The predicted molar refractivity (Wildman–Crippen MR) is 80.8 cm³/mol. The molecule has 0 aromatic heterocycles. The van der Waals surface area contributed by atoms with Crippen molar-refractivity contribution in [2.45, 2.75) is 0 Å². The molecular weight excluding hydrogens is 316 g/mol. The first-order valence-electron chi connectivity index (χ1n) is 5.77. The molecule has 0 atom stereocenters. The third-order valence-electron chi connectivity index (χ3n) is 2.90. The van der Waals surface area contributed by atoms with E-state index in [0.29, 0.717) is 0 Å². The minimum absolute atomic E-state index is 0. The van der Waals surface area contributed by atoms with Crippen molar-refractivity contribution in [2.75, 3.05) is 11.4 Å². The highest BCUT2D eigenvalue weighted by Crippen LogP contribution is 2.33. The molecule has 1 aromatic carbocycles. The van der Waals surface area contributed by atoms with Gasteiger partial charge in [0.05, 0.1) is 22.5 Å². The summed E-state index contributed by atoms with van der Waals surface area (Å²) < 4.78 is 0. The zero-order chi connectivity index (χ0) is 15.6. The van der Waals surface area contributed by atoms with Gasteiger partial charge in [-0.05, 0) is 12.1 Å². The number of nitrogens with zero attached hydrogens (tertiary/aromatic N) is 3. The van der Waals surface area contributed by atoms with Crippen LogP contribution >= 0.6 is 12.4 Å². The van der Waals surface area contributed by atoms with Crippen molar-refractivity contribution in [3.05, 3.63) is 62.4 Å². The number of non-ortho nitro benzene ring substituents is 1. The number of allylic oxidation sites excluding steroid dienone is 2. The average molecular weight is 327 g/mol. The SMILES string of the molecule is Cl.NC(=O)C1=CC=CN(c2ccc([N+](=O)[O-])cc2[N+](=O)[O-])C1. The van der Waals surface area contributed by atoms with Crippen molar-refractivity contribution >= 4 is 35.4 Å². The molecule has 1 aliphatic heterocycles. The molecule has 2 N–H and O–H groups in total. The van der Waals surface area contributed by atoms with Gasteiger partial charge in [0.25, 0.3) is 11.4 Å². The molecule has 1 aromatic rings. The molecular formula is C12H11ClN4O5. The molecule has 1 heterocycles. The second kappa shape index (κ2) is 6.68. The molecule has 0 saturated heterocycles. The first-order chi connectivity index (χ1) is 9.90. The topological polar surface area (TPSA) is 133 Å². The molecule has 116 valence electrons. The Labute approximate surface area is 130 Å². The van der Waals surface area contributed by atoms with Gasteiger partial charge in [0.15, 0.2) is 0 Å². The first kappa shape index (κ1) is 17.1. The van der Waals surface area contributed by atoms with E-state index in [-0.39, 0.29) is 35.9 Å². The smallest absolute Gasteiger partial charge is 0.299 e. The Kier molecular flexibility index (Phi) is 5.19. The van der Waals surface area contributed by atoms with E-state index >= 15 is 0 Å². The molecule has 0 saturated carbocycles. The number of primary amides is 1. The number of nitrogens with two attached hydrogens (primary N) is 1. The van der Waals surface area contributed by atoms with Gasteiger partial charge in [-0.15, -0.1) is 12.4 Å². The van der Waals surface area contributed by atoms with Gasteiger partial charge in [-0.1, -0.05) is 6.08 Å². The minimum atomic E-state index is -0.711. The van der Waals surface area contributed by atoms with Crippen LogP contribution in [0.15, 0.2) is 42.1 Å². The summed E-state index contributed by atoms with van der Waals surface area (Å²) in [6.07, 6.45) is 4.56. The maximum absolute atomic E-state index is 11.2. The van der Waals surface area contributed by atoms with Crippen LogP contribution in [0.25, 0.3) is 0 Å². The van der Waals surface area contributed by atoms with E-state index in [1.54, 1.807) is 0 Å². The summed E-state index contributed by atoms with van der Waals surface area (Å²) in [4.78, 5) is 32.9. The lowest BCUT2D eigenvalue weighted by atomic mass is 10.1. The largest absolute Gasteiger partial charge is 0.366 e. The molecule has 0 radical (unpaired) electrons. The van der Waals surface area contributed by atoms with Crippen LogP contribution in [0.1, 0.15) is 0 Å². The number of carbonyl (C=O) groups is 1. The fourth-order valence-electron chi connectivity index (χ4n) is 1.89. The number of hydrogen-bond donors (Lipinski definition) is 1. The van der Waals surface area contributed by atoms with Crippen LogP contribution in [0, 0.1) is 20.2 Å². The zero-order valence-corrected chi connectivity index (χ0v) is 11.9. The van der Waals surface area contributed by atoms with E-state index < -0.39 is 21.4 Å². The lowest BCUT2D eigenvalue weighted by Gasteiger charge is -2.23. The van der Waals surface area contributed by atoms with Gasteiger partial charge in [0, 0.05) is 17.8 Å². The summed E-state index contributed by atoms with van der Waals surface area (Å²) in [5, 5.41) is 21.8. The molecule has 0 fully saturated rings. The number of anilines is 1. The Morgan fingerprint density at radius 2 is 1.91 bits per heavy atom. The van der Waals surface area contributed by atoms with Crippen molar-refractivity contribution in [3.8, 4) is 0 Å². The summed E-state index contributed by atoms with van der Waals surface area (Å²) in [7, 11) is 0. The molecule has 1 amide bonds. The van der Waals surface area contributed by atoms with Crippen LogP contribution in [0.4, 0.5) is 17.1 Å². The molecule has 0 spiro atoms. The number of halogens is 1. The highest BCUT2D eigenvalue weighted by molar-refractivity contribution is 5.94. The van der Waals surface area contributed by atoms with Gasteiger partial charge < -0.3 is 10.6 Å². The standard InChI is InChI=1S/C12H10N4O5.ClH/c13-12(17)8-2-1-5-14(7-8)10-4-3-9(15(18)19)6-11(10)16(20)21;/h1-6H,7H2,(H2,13,17);1H. The summed E-state index contributed by atoms with van der Waals surface area (Å²) in [6.45, 7) is 0.0600. The number of nitro benzene ring substituents is 2. The lowest BCUT2D eigenvalue weighted by molar-refractivity contribution is -0.393. The molecule has 0 aliphatic carbocycles.